The maximum Gasteiger partial charge on any atom is -0.00489 e. The second-order valence-corrected chi connectivity index (χ2v) is 4.40. The molecule has 0 aromatic heterocycles. The molecule has 2 N–H and O–H groups in total. The summed E-state index contributed by atoms with van der Waals surface area (Å²) in [6.45, 7) is 5.50. The van der Waals surface area contributed by atoms with Gasteiger partial charge in [0.1, 0.15) is 0 Å². The van der Waals surface area contributed by atoms with Crippen molar-refractivity contribution < 1.29 is 0 Å². The van der Waals surface area contributed by atoms with Crippen LogP contribution in [0, 0.1) is 17.8 Å². The van der Waals surface area contributed by atoms with Crippen LogP contribution >= 0.6 is 0 Å². The number of nitrogens with two attached hydrogens (primary N) is 1. The second-order valence-electron chi connectivity index (χ2n) is 4.40. The van der Waals surface area contributed by atoms with E-state index in [0.717, 1.165) is 24.3 Å². The van der Waals surface area contributed by atoms with Gasteiger partial charge in [-0.25, -0.2) is 0 Å². The van der Waals surface area contributed by atoms with E-state index in [-0.39, 0.29) is 0 Å². The topological polar surface area (TPSA) is 26.0 Å². The normalized spacial score (nSPS) is 33.2. The lowest BCUT2D eigenvalue weighted by atomic mass is 9.76. The van der Waals surface area contributed by atoms with Gasteiger partial charge in [-0.1, -0.05) is 33.1 Å². The van der Waals surface area contributed by atoms with Crippen molar-refractivity contribution in [3.8, 4) is 0 Å². The molecular weight excluding hydrogens is 146 g/mol. The molecule has 0 heterocycles. The van der Waals surface area contributed by atoms with Crippen molar-refractivity contribution in [1.29, 1.82) is 0 Å². The maximum atomic E-state index is 5.67. The summed E-state index contributed by atoms with van der Waals surface area (Å²) in [4.78, 5) is 0. The van der Waals surface area contributed by atoms with Gasteiger partial charge in [0.05, 0.1) is 0 Å². The molecule has 0 bridgehead atoms. The molecule has 0 saturated heterocycles. The van der Waals surface area contributed by atoms with E-state index in [1.165, 1.54) is 32.1 Å². The highest BCUT2D eigenvalue weighted by atomic mass is 14.5. The Labute approximate surface area is 76.7 Å². The molecule has 12 heavy (non-hydrogen) atoms. The van der Waals surface area contributed by atoms with Crippen molar-refractivity contribution in [2.45, 2.75) is 46.0 Å². The van der Waals surface area contributed by atoms with E-state index in [1.54, 1.807) is 0 Å². The van der Waals surface area contributed by atoms with Gasteiger partial charge >= 0.3 is 0 Å². The van der Waals surface area contributed by atoms with E-state index in [9.17, 15) is 0 Å². The van der Waals surface area contributed by atoms with Crippen molar-refractivity contribution in [2.24, 2.45) is 23.5 Å². The van der Waals surface area contributed by atoms with E-state index in [1.807, 2.05) is 0 Å². The molecule has 0 spiro atoms. The summed E-state index contributed by atoms with van der Waals surface area (Å²) < 4.78 is 0. The Hall–Kier alpha value is -0.0400. The average Bonchev–Trinajstić information content (AvgIpc) is 2.17. The fourth-order valence-electron chi connectivity index (χ4n) is 2.36. The Kier molecular flexibility index (Phi) is 4.07. The Morgan fingerprint density at radius 3 is 2.25 bits per heavy atom. The van der Waals surface area contributed by atoms with Gasteiger partial charge in [0, 0.05) is 0 Å². The van der Waals surface area contributed by atoms with Crippen molar-refractivity contribution >= 4 is 0 Å². The van der Waals surface area contributed by atoms with Gasteiger partial charge in [-0.05, 0) is 37.1 Å². The van der Waals surface area contributed by atoms with Gasteiger partial charge in [0.2, 0.25) is 0 Å². The zero-order valence-electron chi connectivity index (χ0n) is 8.55. The molecule has 1 atom stereocenters. The lowest BCUT2D eigenvalue weighted by molar-refractivity contribution is 0.214. The molecule has 1 nitrogen and oxygen atoms in total. The Balaban J connectivity index is 2.25. The van der Waals surface area contributed by atoms with Crippen LogP contribution in [-0.4, -0.2) is 6.54 Å². The Morgan fingerprint density at radius 1 is 1.25 bits per heavy atom. The van der Waals surface area contributed by atoms with Gasteiger partial charge < -0.3 is 5.73 Å². The van der Waals surface area contributed by atoms with Crippen LogP contribution in [0.25, 0.3) is 0 Å². The summed E-state index contributed by atoms with van der Waals surface area (Å²) in [6, 6.07) is 0. The summed E-state index contributed by atoms with van der Waals surface area (Å²) in [6.07, 6.45) is 7.13. The number of hydrogen-bond donors (Lipinski definition) is 1. The largest absolute Gasteiger partial charge is 0.330 e. The lowest BCUT2D eigenvalue weighted by Gasteiger charge is -2.31. The summed E-state index contributed by atoms with van der Waals surface area (Å²) in [5.41, 5.74) is 5.67. The molecule has 1 unspecified atom stereocenters. The highest BCUT2D eigenvalue weighted by Gasteiger charge is 2.23. The summed E-state index contributed by atoms with van der Waals surface area (Å²) in [5, 5.41) is 0. The molecule has 1 saturated carbocycles. The van der Waals surface area contributed by atoms with E-state index < -0.39 is 0 Å². The molecule has 0 amide bonds. The molecule has 0 aliphatic heterocycles. The zero-order chi connectivity index (χ0) is 8.97. The monoisotopic (exact) mass is 169 g/mol. The third-order valence-electron chi connectivity index (χ3n) is 3.65. The highest BCUT2D eigenvalue weighted by Crippen LogP contribution is 2.34. The minimum Gasteiger partial charge on any atom is -0.330 e. The average molecular weight is 169 g/mol. The maximum absolute atomic E-state index is 5.67. The van der Waals surface area contributed by atoms with E-state index in [2.05, 4.69) is 13.8 Å². The molecule has 1 heteroatoms. The van der Waals surface area contributed by atoms with Gasteiger partial charge in [-0.2, -0.15) is 0 Å². The molecule has 1 aliphatic carbocycles. The minimum atomic E-state index is 0.753. The SMILES string of the molecule is CCC1CCC(C(C)CN)CC1. The third-order valence-corrected chi connectivity index (χ3v) is 3.65. The summed E-state index contributed by atoms with van der Waals surface area (Å²) in [5.74, 6) is 2.70. The third kappa shape index (κ3) is 2.48. The van der Waals surface area contributed by atoms with Crippen molar-refractivity contribution in [3.63, 3.8) is 0 Å². The van der Waals surface area contributed by atoms with Crippen molar-refractivity contribution in [3.05, 3.63) is 0 Å². The van der Waals surface area contributed by atoms with Gasteiger partial charge in [0.15, 0.2) is 0 Å². The molecule has 72 valence electrons. The van der Waals surface area contributed by atoms with Crippen LogP contribution in [0.15, 0.2) is 0 Å². The number of hydrogen-bond acceptors (Lipinski definition) is 1. The Morgan fingerprint density at radius 2 is 1.83 bits per heavy atom. The highest BCUT2D eigenvalue weighted by molar-refractivity contribution is 4.75. The molecule has 1 fully saturated rings. The minimum absolute atomic E-state index is 0.753. The van der Waals surface area contributed by atoms with E-state index in [4.69, 9.17) is 5.73 Å². The molecule has 0 aromatic carbocycles. The van der Waals surface area contributed by atoms with Crippen LogP contribution in [0.4, 0.5) is 0 Å². The summed E-state index contributed by atoms with van der Waals surface area (Å²) in [7, 11) is 0. The first-order valence-corrected chi connectivity index (χ1v) is 5.48. The van der Waals surface area contributed by atoms with E-state index in [0.29, 0.717) is 0 Å². The van der Waals surface area contributed by atoms with Crippen LogP contribution in [0.5, 0.6) is 0 Å². The van der Waals surface area contributed by atoms with Crippen LogP contribution in [0.2, 0.25) is 0 Å². The lowest BCUT2D eigenvalue weighted by Crippen LogP contribution is -2.25. The van der Waals surface area contributed by atoms with Gasteiger partial charge in [0.25, 0.3) is 0 Å². The standard InChI is InChI=1S/C11H23N/c1-3-10-4-6-11(7-5-10)9(2)8-12/h9-11H,3-8,12H2,1-2H3. The van der Waals surface area contributed by atoms with Gasteiger partial charge in [-0.3, -0.25) is 0 Å². The quantitative estimate of drug-likeness (QED) is 0.690. The van der Waals surface area contributed by atoms with Crippen molar-refractivity contribution in [1.82, 2.24) is 0 Å². The van der Waals surface area contributed by atoms with Crippen LogP contribution in [0.3, 0.4) is 0 Å². The van der Waals surface area contributed by atoms with Gasteiger partial charge in [-0.15, -0.1) is 0 Å². The molecule has 0 radical (unpaired) electrons. The molecular formula is C11H23N. The first-order valence-electron chi connectivity index (χ1n) is 5.48. The van der Waals surface area contributed by atoms with Crippen LogP contribution in [0.1, 0.15) is 46.0 Å². The molecule has 1 rings (SSSR count). The van der Waals surface area contributed by atoms with Crippen LogP contribution in [-0.2, 0) is 0 Å². The smallest absolute Gasteiger partial charge is 0.00489 e. The molecule has 1 aliphatic rings. The zero-order valence-corrected chi connectivity index (χ0v) is 8.55. The molecule has 0 aromatic rings. The fourth-order valence-corrected chi connectivity index (χ4v) is 2.36. The van der Waals surface area contributed by atoms with E-state index >= 15 is 0 Å². The first-order chi connectivity index (χ1) is 5.77. The predicted octanol–water partition coefficient (Wildman–Crippen LogP) is 2.80. The Bertz CT molecular complexity index is 114. The number of rotatable bonds is 3. The van der Waals surface area contributed by atoms with Crippen molar-refractivity contribution in [2.75, 3.05) is 6.54 Å². The second kappa shape index (κ2) is 4.86. The predicted molar refractivity (Wildman–Crippen MR) is 54.0 cm³/mol. The fraction of sp³-hybridized carbons (Fsp3) is 1.00. The van der Waals surface area contributed by atoms with Crippen LogP contribution < -0.4 is 5.73 Å². The first kappa shape index (κ1) is 10.0. The summed E-state index contributed by atoms with van der Waals surface area (Å²) >= 11 is 0.